The zero-order valence-electron chi connectivity index (χ0n) is 19.0. The molecule has 0 saturated carbocycles. The minimum absolute atomic E-state index is 0.0397. The van der Waals surface area contributed by atoms with Crippen molar-refractivity contribution in [1.29, 1.82) is 0 Å². The topological polar surface area (TPSA) is 107 Å². The lowest BCUT2D eigenvalue weighted by Gasteiger charge is -2.25. The van der Waals surface area contributed by atoms with Gasteiger partial charge in [0.25, 0.3) is 0 Å². The highest BCUT2D eigenvalue weighted by Gasteiger charge is 2.19. The van der Waals surface area contributed by atoms with E-state index in [1.165, 1.54) is 0 Å². The standard InChI is InChI=1S/C22H36O9/c1-7-10-22(25)30-12-17(5)27-15-19(31-18(6)13-29-21(24)9-3)14-26-16(4)11-28-20(23)8-2/h8-9,16-19H,2-3,7,10-15H2,1,4-6H3. The van der Waals surface area contributed by atoms with Crippen molar-refractivity contribution in [1.82, 2.24) is 0 Å². The maximum absolute atomic E-state index is 11.5. The van der Waals surface area contributed by atoms with E-state index in [4.69, 9.17) is 28.4 Å². The fraction of sp³-hybridized carbons (Fsp3) is 0.682. The van der Waals surface area contributed by atoms with Gasteiger partial charge >= 0.3 is 17.9 Å². The van der Waals surface area contributed by atoms with Gasteiger partial charge in [-0.2, -0.15) is 0 Å². The molecule has 0 amide bonds. The van der Waals surface area contributed by atoms with Gasteiger partial charge in [-0.25, -0.2) is 9.59 Å². The van der Waals surface area contributed by atoms with Crippen LogP contribution in [0.1, 0.15) is 40.5 Å². The molecule has 0 aromatic heterocycles. The molecular weight excluding hydrogens is 408 g/mol. The van der Waals surface area contributed by atoms with Crippen molar-refractivity contribution in [2.75, 3.05) is 33.0 Å². The van der Waals surface area contributed by atoms with Gasteiger partial charge in [-0.15, -0.1) is 0 Å². The van der Waals surface area contributed by atoms with Crippen molar-refractivity contribution in [3.8, 4) is 0 Å². The molecule has 0 rings (SSSR count). The molecule has 31 heavy (non-hydrogen) atoms. The first-order valence-electron chi connectivity index (χ1n) is 10.3. The van der Waals surface area contributed by atoms with E-state index in [0.717, 1.165) is 18.6 Å². The van der Waals surface area contributed by atoms with Crippen LogP contribution < -0.4 is 0 Å². The third-order valence-electron chi connectivity index (χ3n) is 3.75. The van der Waals surface area contributed by atoms with E-state index in [2.05, 4.69) is 13.2 Å². The molecule has 0 spiro atoms. The fourth-order valence-corrected chi connectivity index (χ4v) is 2.14. The van der Waals surface area contributed by atoms with Crippen LogP contribution in [0.2, 0.25) is 0 Å². The minimum atomic E-state index is -0.542. The van der Waals surface area contributed by atoms with Crippen LogP contribution >= 0.6 is 0 Å². The lowest BCUT2D eigenvalue weighted by molar-refractivity contribution is -0.157. The van der Waals surface area contributed by atoms with Crippen LogP contribution in [-0.2, 0) is 42.8 Å². The summed E-state index contributed by atoms with van der Waals surface area (Å²) in [5, 5.41) is 0. The SMILES string of the molecule is C=CC(=O)OCC(C)OCC(COC(C)COC(=O)CCC)OC(C)COC(=O)C=C. The Bertz CT molecular complexity index is 561. The van der Waals surface area contributed by atoms with Crippen molar-refractivity contribution in [2.45, 2.75) is 65.0 Å². The smallest absolute Gasteiger partial charge is 0.330 e. The summed E-state index contributed by atoms with van der Waals surface area (Å²) in [6, 6.07) is 0. The van der Waals surface area contributed by atoms with E-state index < -0.39 is 24.1 Å². The molecule has 4 unspecified atom stereocenters. The quantitative estimate of drug-likeness (QED) is 0.179. The second-order valence-electron chi connectivity index (χ2n) is 6.96. The Morgan fingerprint density at radius 1 is 0.742 bits per heavy atom. The lowest BCUT2D eigenvalue weighted by atomic mass is 10.3. The molecular formula is C22H36O9. The third-order valence-corrected chi connectivity index (χ3v) is 3.75. The summed E-state index contributed by atoms with van der Waals surface area (Å²) in [4.78, 5) is 33.9. The van der Waals surface area contributed by atoms with Crippen LogP contribution in [0.4, 0.5) is 0 Å². The summed E-state index contributed by atoms with van der Waals surface area (Å²) in [5.41, 5.74) is 0. The first kappa shape index (κ1) is 28.8. The molecule has 0 fully saturated rings. The molecule has 0 N–H and O–H groups in total. The van der Waals surface area contributed by atoms with E-state index in [-0.39, 0.29) is 51.2 Å². The van der Waals surface area contributed by atoms with E-state index in [9.17, 15) is 14.4 Å². The lowest BCUT2D eigenvalue weighted by Crippen LogP contribution is -2.35. The molecule has 0 aromatic carbocycles. The number of hydrogen-bond donors (Lipinski definition) is 0. The van der Waals surface area contributed by atoms with Gasteiger partial charge in [0.15, 0.2) is 0 Å². The summed E-state index contributed by atoms with van der Waals surface area (Å²) in [5.74, 6) is -1.34. The maximum atomic E-state index is 11.5. The van der Waals surface area contributed by atoms with Crippen molar-refractivity contribution < 1.29 is 42.8 Å². The minimum Gasteiger partial charge on any atom is -0.463 e. The van der Waals surface area contributed by atoms with Crippen LogP contribution in [0.15, 0.2) is 25.3 Å². The maximum Gasteiger partial charge on any atom is 0.330 e. The highest BCUT2D eigenvalue weighted by molar-refractivity contribution is 5.81. The molecule has 0 radical (unpaired) electrons. The number of esters is 3. The Balaban J connectivity index is 4.61. The second kappa shape index (κ2) is 17.5. The summed E-state index contributed by atoms with van der Waals surface area (Å²) in [6.45, 7) is 14.4. The predicted molar refractivity (Wildman–Crippen MR) is 113 cm³/mol. The number of ether oxygens (including phenoxy) is 6. The van der Waals surface area contributed by atoms with Gasteiger partial charge in [0.1, 0.15) is 25.9 Å². The molecule has 0 bridgehead atoms. The normalized spacial score (nSPS) is 14.6. The van der Waals surface area contributed by atoms with Crippen molar-refractivity contribution in [2.24, 2.45) is 0 Å². The van der Waals surface area contributed by atoms with Crippen molar-refractivity contribution in [3.05, 3.63) is 25.3 Å². The van der Waals surface area contributed by atoms with Crippen LogP contribution in [0, 0.1) is 0 Å². The van der Waals surface area contributed by atoms with E-state index in [1.807, 2.05) is 6.92 Å². The molecule has 4 atom stereocenters. The van der Waals surface area contributed by atoms with E-state index >= 15 is 0 Å². The first-order valence-corrected chi connectivity index (χ1v) is 10.3. The first-order chi connectivity index (χ1) is 14.7. The Labute approximate surface area is 184 Å². The van der Waals surface area contributed by atoms with Gasteiger partial charge in [0.2, 0.25) is 0 Å². The number of carbonyl (C=O) groups is 3. The predicted octanol–water partition coefficient (Wildman–Crippen LogP) is 2.37. The molecule has 0 aliphatic heterocycles. The Morgan fingerprint density at radius 2 is 1.19 bits per heavy atom. The van der Waals surface area contributed by atoms with Crippen molar-refractivity contribution in [3.63, 3.8) is 0 Å². The van der Waals surface area contributed by atoms with Crippen LogP contribution in [0.3, 0.4) is 0 Å². The van der Waals surface area contributed by atoms with Gasteiger partial charge < -0.3 is 28.4 Å². The molecule has 178 valence electrons. The molecule has 0 aromatic rings. The fourth-order valence-electron chi connectivity index (χ4n) is 2.14. The summed E-state index contributed by atoms with van der Waals surface area (Å²) < 4.78 is 32.3. The van der Waals surface area contributed by atoms with Crippen LogP contribution in [0.5, 0.6) is 0 Å². The summed E-state index contributed by atoms with van der Waals surface area (Å²) >= 11 is 0. The van der Waals surface area contributed by atoms with Gasteiger partial charge in [-0.1, -0.05) is 20.1 Å². The van der Waals surface area contributed by atoms with E-state index in [0.29, 0.717) is 6.42 Å². The zero-order chi connectivity index (χ0) is 23.6. The second-order valence-corrected chi connectivity index (χ2v) is 6.96. The third kappa shape index (κ3) is 16.2. The monoisotopic (exact) mass is 444 g/mol. The Hall–Kier alpha value is -2.23. The molecule has 9 heteroatoms. The zero-order valence-corrected chi connectivity index (χ0v) is 19.0. The number of rotatable bonds is 18. The Kier molecular flexibility index (Phi) is 16.2. The van der Waals surface area contributed by atoms with Crippen LogP contribution in [-0.4, -0.2) is 75.4 Å². The largest absolute Gasteiger partial charge is 0.463 e. The Morgan fingerprint density at radius 3 is 1.65 bits per heavy atom. The molecule has 9 nitrogen and oxygen atoms in total. The summed E-state index contributed by atoms with van der Waals surface area (Å²) in [7, 11) is 0. The highest BCUT2D eigenvalue weighted by atomic mass is 16.6. The van der Waals surface area contributed by atoms with Gasteiger partial charge in [-0.05, 0) is 27.2 Å². The average molecular weight is 445 g/mol. The highest BCUT2D eigenvalue weighted by Crippen LogP contribution is 2.07. The molecule has 0 aliphatic rings. The van der Waals surface area contributed by atoms with Crippen LogP contribution in [0.25, 0.3) is 0 Å². The average Bonchev–Trinajstić information content (AvgIpc) is 2.76. The number of hydrogen-bond acceptors (Lipinski definition) is 9. The van der Waals surface area contributed by atoms with Gasteiger partial charge in [0.05, 0.1) is 31.5 Å². The molecule has 0 aliphatic carbocycles. The van der Waals surface area contributed by atoms with Crippen molar-refractivity contribution >= 4 is 17.9 Å². The number of carbonyl (C=O) groups excluding carboxylic acids is 3. The molecule has 0 saturated heterocycles. The van der Waals surface area contributed by atoms with Gasteiger partial charge in [0, 0.05) is 18.6 Å². The van der Waals surface area contributed by atoms with Gasteiger partial charge in [-0.3, -0.25) is 4.79 Å². The van der Waals surface area contributed by atoms with E-state index in [1.54, 1.807) is 20.8 Å². The summed E-state index contributed by atoms with van der Waals surface area (Å²) in [6.07, 6.45) is 1.59. The molecule has 0 heterocycles.